The lowest BCUT2D eigenvalue weighted by molar-refractivity contribution is -0.207. The van der Waals surface area contributed by atoms with E-state index in [0.29, 0.717) is 13.1 Å². The van der Waals surface area contributed by atoms with Gasteiger partial charge in [-0.25, -0.2) is 0 Å². The average Bonchev–Trinajstić information content (AvgIpc) is 2.66. The Hall–Kier alpha value is -0.940. The van der Waals surface area contributed by atoms with Gasteiger partial charge in [-0.2, -0.15) is 18.3 Å². The van der Waals surface area contributed by atoms with Crippen molar-refractivity contribution in [1.82, 2.24) is 9.91 Å². The van der Waals surface area contributed by atoms with E-state index < -0.39 is 12.3 Å². The second-order valence-electron chi connectivity index (χ2n) is 4.25. The van der Waals surface area contributed by atoms with Crippen molar-refractivity contribution in [2.24, 2.45) is 5.10 Å². The lowest BCUT2D eigenvalue weighted by Crippen LogP contribution is -2.50. The van der Waals surface area contributed by atoms with Gasteiger partial charge in [-0.05, 0) is 12.8 Å². The van der Waals surface area contributed by atoms with Gasteiger partial charge in [-0.1, -0.05) is 26.7 Å². The summed E-state index contributed by atoms with van der Waals surface area (Å²) in [5.74, 6) is 0. The van der Waals surface area contributed by atoms with Crippen LogP contribution in [0.4, 0.5) is 13.2 Å². The molecule has 1 heterocycles. The molecule has 0 aromatic rings. The average molecular weight is 251 g/mol. The number of hydrogen-bond acceptors (Lipinski definition) is 3. The van der Waals surface area contributed by atoms with E-state index in [1.165, 1.54) is 11.2 Å². The van der Waals surface area contributed by atoms with E-state index >= 15 is 0 Å². The van der Waals surface area contributed by atoms with Gasteiger partial charge in [0.1, 0.15) is 6.34 Å². The molecule has 17 heavy (non-hydrogen) atoms. The van der Waals surface area contributed by atoms with Gasteiger partial charge in [-0.3, -0.25) is 5.01 Å². The number of unbranched alkanes of at least 4 members (excludes halogenated alkanes) is 2. The third-order valence-electron chi connectivity index (χ3n) is 2.75. The smallest absolute Gasteiger partial charge is 0.332 e. The van der Waals surface area contributed by atoms with Crippen LogP contribution in [0.3, 0.4) is 0 Å². The van der Waals surface area contributed by atoms with Crippen LogP contribution < -0.4 is 0 Å². The van der Waals surface area contributed by atoms with Crippen LogP contribution in [0.15, 0.2) is 5.10 Å². The zero-order valence-corrected chi connectivity index (χ0v) is 10.4. The van der Waals surface area contributed by atoms with Gasteiger partial charge in [0, 0.05) is 13.1 Å². The molecule has 6 heteroatoms. The normalized spacial score (nSPS) is 20.4. The zero-order valence-electron chi connectivity index (χ0n) is 10.4. The Morgan fingerprint density at radius 2 is 1.71 bits per heavy atom. The maximum atomic E-state index is 13.0. The summed E-state index contributed by atoms with van der Waals surface area (Å²) in [4.78, 5) is 1.29. The fourth-order valence-electron chi connectivity index (χ4n) is 1.81. The summed E-state index contributed by atoms with van der Waals surface area (Å²) < 4.78 is 38.9. The quantitative estimate of drug-likeness (QED) is 0.722. The van der Waals surface area contributed by atoms with Gasteiger partial charge in [0.15, 0.2) is 0 Å². The van der Waals surface area contributed by atoms with Crippen molar-refractivity contribution < 1.29 is 13.2 Å². The molecule has 0 saturated carbocycles. The number of rotatable bonds is 6. The summed E-state index contributed by atoms with van der Waals surface area (Å²) in [6.45, 7) is 4.69. The number of hydrazone groups is 1. The summed E-state index contributed by atoms with van der Waals surface area (Å²) in [6.07, 6.45) is -1.27. The van der Waals surface area contributed by atoms with Crippen LogP contribution in [0.25, 0.3) is 0 Å². The van der Waals surface area contributed by atoms with Crippen molar-refractivity contribution in [3.8, 4) is 0 Å². The monoisotopic (exact) mass is 251 g/mol. The number of halogens is 3. The highest BCUT2D eigenvalue weighted by atomic mass is 19.4. The van der Waals surface area contributed by atoms with Crippen LogP contribution in [-0.4, -0.2) is 41.7 Å². The summed E-state index contributed by atoms with van der Waals surface area (Å²) in [7, 11) is 0. The molecule has 3 nitrogen and oxygen atoms in total. The highest BCUT2D eigenvalue weighted by molar-refractivity contribution is 5.57. The first-order valence-electron chi connectivity index (χ1n) is 6.14. The molecule has 0 aliphatic carbocycles. The van der Waals surface area contributed by atoms with Crippen LogP contribution >= 0.6 is 0 Å². The molecule has 0 bridgehead atoms. The van der Waals surface area contributed by atoms with Gasteiger partial charge in [0.25, 0.3) is 0 Å². The molecule has 0 saturated heterocycles. The van der Waals surface area contributed by atoms with Crippen LogP contribution in [0.2, 0.25) is 0 Å². The second-order valence-corrected chi connectivity index (χ2v) is 4.25. The van der Waals surface area contributed by atoms with Crippen molar-refractivity contribution in [3.63, 3.8) is 0 Å². The molecule has 1 unspecified atom stereocenters. The van der Waals surface area contributed by atoms with E-state index in [2.05, 4.69) is 5.10 Å². The SMILES string of the molecule is CCCCN1C=NN(CCCC)C1C(F)(F)F. The first kappa shape index (κ1) is 14.1. The predicted octanol–water partition coefficient (Wildman–Crippen LogP) is 3.04. The van der Waals surface area contributed by atoms with Crippen LogP contribution in [0.1, 0.15) is 39.5 Å². The number of alkyl halides is 3. The predicted molar refractivity (Wildman–Crippen MR) is 61.6 cm³/mol. The minimum Gasteiger partial charge on any atom is -0.332 e. The lowest BCUT2D eigenvalue weighted by Gasteiger charge is -2.31. The lowest BCUT2D eigenvalue weighted by atomic mass is 10.3. The fraction of sp³-hybridized carbons (Fsp3) is 0.909. The van der Waals surface area contributed by atoms with Crippen LogP contribution in [-0.2, 0) is 0 Å². The fourth-order valence-corrected chi connectivity index (χ4v) is 1.81. The van der Waals surface area contributed by atoms with Crippen LogP contribution in [0.5, 0.6) is 0 Å². The Kier molecular flexibility index (Phi) is 5.08. The first-order chi connectivity index (χ1) is 8.00. The van der Waals surface area contributed by atoms with Crippen LogP contribution in [0, 0.1) is 0 Å². The van der Waals surface area contributed by atoms with Crippen molar-refractivity contribution in [1.29, 1.82) is 0 Å². The molecule has 0 fully saturated rings. The summed E-state index contributed by atoms with van der Waals surface area (Å²) in [5, 5.41) is 5.02. The number of hydrogen-bond donors (Lipinski definition) is 0. The van der Waals surface area contributed by atoms with Gasteiger partial charge >= 0.3 is 6.18 Å². The topological polar surface area (TPSA) is 18.8 Å². The van der Waals surface area contributed by atoms with Gasteiger partial charge in [-0.15, -0.1) is 0 Å². The molecule has 1 aliphatic rings. The summed E-state index contributed by atoms with van der Waals surface area (Å²) >= 11 is 0. The molecule has 0 spiro atoms. The van der Waals surface area contributed by atoms with E-state index in [1.54, 1.807) is 0 Å². The molecule has 1 rings (SSSR count). The Bertz CT molecular complexity index is 235. The Labute approximate surface area is 100 Å². The minimum atomic E-state index is -4.25. The molecule has 1 aliphatic heterocycles. The van der Waals surface area contributed by atoms with Crippen molar-refractivity contribution >= 4 is 6.34 Å². The van der Waals surface area contributed by atoms with Gasteiger partial charge in [0.05, 0.1) is 0 Å². The van der Waals surface area contributed by atoms with E-state index in [4.69, 9.17) is 0 Å². The Morgan fingerprint density at radius 1 is 1.12 bits per heavy atom. The molecule has 0 aromatic carbocycles. The molecule has 100 valence electrons. The van der Waals surface area contributed by atoms with Gasteiger partial charge in [0.2, 0.25) is 6.17 Å². The standard InChI is InChI=1S/C11H20F3N3/c1-3-5-7-16-9-15-17(8-6-4-2)10(16)11(12,13)14/h9-10H,3-8H2,1-2H3. The molecule has 0 aromatic heterocycles. The molecule has 0 amide bonds. The van der Waals surface area contributed by atoms with E-state index in [-0.39, 0.29) is 0 Å². The highest BCUT2D eigenvalue weighted by Gasteiger charge is 2.49. The Balaban J connectivity index is 2.64. The van der Waals surface area contributed by atoms with Crippen molar-refractivity contribution in [3.05, 3.63) is 0 Å². The molecule has 0 N–H and O–H groups in total. The van der Waals surface area contributed by atoms with E-state index in [1.807, 2.05) is 13.8 Å². The molecular formula is C11H20F3N3. The third-order valence-corrected chi connectivity index (χ3v) is 2.75. The zero-order chi connectivity index (χ0) is 12.9. The summed E-state index contributed by atoms with van der Waals surface area (Å²) in [5.41, 5.74) is 0. The van der Waals surface area contributed by atoms with E-state index in [9.17, 15) is 13.2 Å². The third kappa shape index (κ3) is 3.78. The highest BCUT2D eigenvalue weighted by Crippen LogP contribution is 2.30. The second kappa shape index (κ2) is 6.12. The Morgan fingerprint density at radius 3 is 2.24 bits per heavy atom. The summed E-state index contributed by atoms with van der Waals surface area (Å²) in [6, 6.07) is 0. The van der Waals surface area contributed by atoms with Crippen molar-refractivity contribution in [2.45, 2.75) is 51.9 Å². The number of nitrogens with zero attached hydrogens (tertiary/aromatic N) is 3. The maximum Gasteiger partial charge on any atom is 0.429 e. The largest absolute Gasteiger partial charge is 0.429 e. The molecule has 0 radical (unpaired) electrons. The van der Waals surface area contributed by atoms with E-state index in [0.717, 1.165) is 30.7 Å². The van der Waals surface area contributed by atoms with Crippen molar-refractivity contribution in [2.75, 3.05) is 13.1 Å². The maximum absolute atomic E-state index is 13.0. The minimum absolute atomic E-state index is 0.361. The van der Waals surface area contributed by atoms with Gasteiger partial charge < -0.3 is 4.90 Å². The first-order valence-corrected chi connectivity index (χ1v) is 6.14. The molecule has 1 atom stereocenters. The molecular weight excluding hydrogens is 231 g/mol.